The molecule has 25 aromatic carbocycles. The number of aromatic nitrogens is 5. The summed E-state index contributed by atoms with van der Waals surface area (Å²) in [6, 6.07) is 179. The van der Waals surface area contributed by atoms with Gasteiger partial charge >= 0.3 is 0 Å². The summed E-state index contributed by atoms with van der Waals surface area (Å²) in [5.74, 6) is 0. The number of rotatable bonds is 5. The lowest BCUT2D eigenvalue weighted by molar-refractivity contribution is 0.666. The lowest BCUT2D eigenvalue weighted by Gasteiger charge is -2.23. The Bertz CT molecular complexity index is 11000. The van der Waals surface area contributed by atoms with E-state index in [2.05, 4.69) is 528 Å². The van der Waals surface area contributed by atoms with E-state index in [9.17, 15) is 0 Å². The number of para-hydroxylation sites is 7. The van der Waals surface area contributed by atoms with Gasteiger partial charge in [-0.25, -0.2) is 0 Å². The van der Waals surface area contributed by atoms with Crippen LogP contribution in [0.4, 0.5) is 0 Å². The molecule has 0 N–H and O–H groups in total. The molecule has 0 saturated carbocycles. The largest absolute Gasteiger partial charge is 0.456 e. The number of hydrogen-bond acceptors (Lipinski definition) is 2. The van der Waals surface area contributed by atoms with Gasteiger partial charge in [0.2, 0.25) is 0 Å². The third kappa shape index (κ3) is 12.1. The third-order valence-electron chi connectivity index (χ3n) is 31.1. The van der Waals surface area contributed by atoms with Crippen molar-refractivity contribution in [1.82, 2.24) is 22.8 Å². The van der Waals surface area contributed by atoms with E-state index in [0.717, 1.165) is 22.2 Å². The average Bonchev–Trinajstić information content (AvgIpc) is 1.51. The van der Waals surface area contributed by atoms with Crippen LogP contribution in [0.3, 0.4) is 0 Å². The van der Waals surface area contributed by atoms with E-state index in [-0.39, 0.29) is 5.41 Å². The van der Waals surface area contributed by atoms with E-state index in [1.807, 2.05) is 11.3 Å². The molecule has 144 heavy (non-hydrogen) atoms. The van der Waals surface area contributed by atoms with Crippen LogP contribution in [0.5, 0.6) is 0 Å². The van der Waals surface area contributed by atoms with Crippen molar-refractivity contribution in [3.05, 3.63) is 503 Å². The molecule has 0 spiro atoms. The summed E-state index contributed by atoms with van der Waals surface area (Å²) in [5.41, 5.74) is 25.7. The number of nitrogens with zero attached hydrogens (tertiary/aromatic N) is 5. The van der Waals surface area contributed by atoms with Crippen LogP contribution in [0.25, 0.3) is 277 Å². The van der Waals surface area contributed by atoms with Crippen molar-refractivity contribution in [1.29, 1.82) is 0 Å². The van der Waals surface area contributed by atoms with Crippen LogP contribution in [0.1, 0.15) is 25.0 Å². The zero-order chi connectivity index (χ0) is 94.7. The number of benzene rings is 25. The van der Waals surface area contributed by atoms with Crippen LogP contribution in [0.15, 0.2) is 496 Å². The number of furan rings is 1. The molecule has 0 amide bonds. The van der Waals surface area contributed by atoms with E-state index in [1.54, 1.807) is 0 Å². The topological polar surface area (TPSA) is 37.8 Å². The molecule has 32 aromatic rings. The standard InChI is InChI=1S/C38H24N2.C35H25N.C32H19NO.C32H19NS/c1-3-13-25(14-4-1)39-33-22-12-11-21-31(33)36-34(39)24-23-32-35-29-19-9-7-17-27(29)28-18-8-10-20-30(28)37(35)40(38(32)36)26-15-5-2-6-16-26;1-35(2)29-20-19-28-31-25-14-8-6-10-22(25)17-21-30(31)36(24-12-4-3-5-13-24)34(28)32(29)27-18-16-23-11-7-9-15-26(23)33(27)35;1-2-10-24(11-3-1)33-28-13-7-6-12-25(28)26-14-15-29-31(32(26)33)27-18-22-16-20-8-4-5-9-21(20)17-23(22)19-30(27)34-29;1-2-9-21(10-3-1)33-27-18-16-23-22-11-5-4-8-20(22)14-15-24(23)30(27)26-17-19-29-31(32(26)33)25-12-6-7-13-28(25)34-29/h1-24H;3-21H,1-2H3;2*1-19H. The van der Waals surface area contributed by atoms with Crippen molar-refractivity contribution < 1.29 is 4.42 Å². The maximum atomic E-state index is 6.45. The normalized spacial score (nSPS) is 12.6. The van der Waals surface area contributed by atoms with Gasteiger partial charge in [0, 0.05) is 124 Å². The maximum Gasteiger partial charge on any atom is 0.137 e. The smallest absolute Gasteiger partial charge is 0.137 e. The van der Waals surface area contributed by atoms with Crippen LogP contribution in [-0.4, -0.2) is 22.8 Å². The summed E-state index contributed by atoms with van der Waals surface area (Å²) in [4.78, 5) is 0. The van der Waals surface area contributed by atoms with E-state index in [0.29, 0.717) is 0 Å². The first kappa shape index (κ1) is 81.6. The second-order valence-corrected chi connectivity index (χ2v) is 40.1. The third-order valence-corrected chi connectivity index (χ3v) is 32.2. The first-order chi connectivity index (χ1) is 71.3. The molecular weight excluding hydrogens is 1760 g/mol. The van der Waals surface area contributed by atoms with Crippen LogP contribution >= 0.6 is 11.3 Å². The van der Waals surface area contributed by atoms with Gasteiger partial charge in [-0.15, -0.1) is 11.3 Å². The molecule has 7 heterocycles. The second-order valence-electron chi connectivity index (χ2n) is 39.1. The number of thiophene rings is 1. The van der Waals surface area contributed by atoms with Crippen LogP contribution < -0.4 is 0 Å². The number of fused-ring (bicyclic) bond motifs is 43. The molecule has 7 heteroatoms. The molecule has 0 bridgehead atoms. The minimum Gasteiger partial charge on any atom is -0.456 e. The zero-order valence-electron chi connectivity index (χ0n) is 78.8. The quantitative estimate of drug-likeness (QED) is 0.125. The Morgan fingerprint density at radius 2 is 0.569 bits per heavy atom. The lowest BCUT2D eigenvalue weighted by Crippen LogP contribution is -2.15. The Morgan fingerprint density at radius 1 is 0.188 bits per heavy atom. The van der Waals surface area contributed by atoms with Crippen molar-refractivity contribution >= 4 is 249 Å². The van der Waals surface area contributed by atoms with Gasteiger partial charge < -0.3 is 27.3 Å². The van der Waals surface area contributed by atoms with E-state index >= 15 is 0 Å². The van der Waals surface area contributed by atoms with Crippen molar-refractivity contribution in [3.8, 4) is 39.6 Å². The molecule has 0 atom stereocenters. The monoisotopic (exact) mass is 1850 g/mol. The first-order valence-electron chi connectivity index (χ1n) is 49.8. The van der Waals surface area contributed by atoms with E-state index in [1.165, 1.54) is 266 Å². The molecule has 1 aliphatic rings. The van der Waals surface area contributed by atoms with E-state index in [4.69, 9.17) is 4.42 Å². The highest BCUT2D eigenvalue weighted by Crippen LogP contribution is 2.57. The van der Waals surface area contributed by atoms with Gasteiger partial charge in [-0.1, -0.05) is 366 Å². The molecule has 0 aliphatic heterocycles. The van der Waals surface area contributed by atoms with Gasteiger partial charge in [-0.05, 0) is 237 Å². The minimum absolute atomic E-state index is 0.0836. The van der Waals surface area contributed by atoms with E-state index < -0.39 is 0 Å². The Kier molecular flexibility index (Phi) is 18.0. The zero-order valence-corrected chi connectivity index (χ0v) is 79.6. The molecule has 33 rings (SSSR count). The lowest BCUT2D eigenvalue weighted by atomic mass is 9.80. The summed E-state index contributed by atoms with van der Waals surface area (Å²) < 4.78 is 21.4. The summed E-state index contributed by atoms with van der Waals surface area (Å²) in [5, 5.41) is 38.5. The SMILES string of the molecule is CC1(C)c2ccc3c4c5ccccc5ccc4n(-c4ccccc4)c3c2-c2ccc3ccccc3c21.c1ccc(-n2c3ccc4c5ccccc5ccc4c3c3ccc4sc5ccccc5c4c32)cc1.c1ccc(-n2c3ccccc3c3c2ccc2c4c5ccccc5c5ccccc5c4n(-c4ccccc4)c23)cc1.c1ccc(-n2c3ccccc3c3ccc4oc5cc6cc7ccccc7cc6cc5c4c32)cc1. The fraction of sp³-hybridized carbons (Fsp3) is 0.0219. The first-order valence-corrected chi connectivity index (χ1v) is 50.6. The predicted molar refractivity (Wildman–Crippen MR) is 615 cm³/mol. The molecule has 672 valence electrons. The van der Waals surface area contributed by atoms with Crippen molar-refractivity contribution in [3.63, 3.8) is 0 Å². The summed E-state index contributed by atoms with van der Waals surface area (Å²) in [6.45, 7) is 4.78. The molecule has 0 radical (unpaired) electrons. The maximum absolute atomic E-state index is 6.45. The van der Waals surface area contributed by atoms with Crippen molar-refractivity contribution in [2.75, 3.05) is 0 Å². The molecule has 7 aromatic heterocycles. The molecule has 0 fully saturated rings. The van der Waals surface area contributed by atoms with Crippen LogP contribution in [0.2, 0.25) is 0 Å². The summed E-state index contributed by atoms with van der Waals surface area (Å²) in [7, 11) is 0. The Hall–Kier alpha value is -18.4. The van der Waals surface area contributed by atoms with Crippen LogP contribution in [-0.2, 0) is 5.41 Å². The van der Waals surface area contributed by atoms with Crippen molar-refractivity contribution in [2.24, 2.45) is 0 Å². The van der Waals surface area contributed by atoms with Gasteiger partial charge in [-0.3, -0.25) is 0 Å². The predicted octanol–water partition coefficient (Wildman–Crippen LogP) is 38.0. The minimum atomic E-state index is -0.0836. The highest BCUT2D eigenvalue weighted by molar-refractivity contribution is 7.26. The fourth-order valence-corrected chi connectivity index (χ4v) is 26.2. The molecule has 1 aliphatic carbocycles. The Balaban J connectivity index is 0.0000000896. The Morgan fingerprint density at radius 3 is 1.23 bits per heavy atom. The average molecular weight is 1850 g/mol. The summed E-state index contributed by atoms with van der Waals surface area (Å²) >= 11 is 1.88. The molecule has 0 unspecified atom stereocenters. The van der Waals surface area contributed by atoms with Gasteiger partial charge in [0.15, 0.2) is 0 Å². The van der Waals surface area contributed by atoms with Crippen molar-refractivity contribution in [2.45, 2.75) is 19.3 Å². The summed E-state index contributed by atoms with van der Waals surface area (Å²) in [6.07, 6.45) is 0. The highest BCUT2D eigenvalue weighted by Gasteiger charge is 2.40. The van der Waals surface area contributed by atoms with Gasteiger partial charge in [0.05, 0.1) is 60.6 Å². The fourth-order valence-electron chi connectivity index (χ4n) is 25.1. The van der Waals surface area contributed by atoms with Crippen LogP contribution in [0, 0.1) is 0 Å². The number of hydrogen-bond donors (Lipinski definition) is 0. The highest BCUT2D eigenvalue weighted by atomic mass is 32.1. The van der Waals surface area contributed by atoms with Gasteiger partial charge in [-0.2, -0.15) is 0 Å². The van der Waals surface area contributed by atoms with Gasteiger partial charge in [0.1, 0.15) is 11.2 Å². The second kappa shape index (κ2) is 31.8. The molecular formula is C137H87N5OS. The molecule has 0 saturated heterocycles. The Labute approximate surface area is 831 Å². The molecule has 6 nitrogen and oxygen atoms in total. The van der Waals surface area contributed by atoms with Gasteiger partial charge in [0.25, 0.3) is 0 Å².